The number of nitrogens with two attached hydrogens (primary N) is 1. The molecule has 3 heterocycles. The van der Waals surface area contributed by atoms with Gasteiger partial charge in [0.05, 0.1) is 0 Å². The zero-order chi connectivity index (χ0) is 13.9. The summed E-state index contributed by atoms with van der Waals surface area (Å²) in [5.41, 5.74) is 7.33. The first-order valence-electron chi connectivity index (χ1n) is 7.87. The summed E-state index contributed by atoms with van der Waals surface area (Å²) in [7, 11) is 0. The van der Waals surface area contributed by atoms with Crippen molar-refractivity contribution in [3.05, 3.63) is 30.1 Å². The van der Waals surface area contributed by atoms with E-state index in [0.29, 0.717) is 12.1 Å². The molecule has 4 heteroatoms. The lowest BCUT2D eigenvalue weighted by Gasteiger charge is -2.35. The molecule has 3 rings (SSSR count). The van der Waals surface area contributed by atoms with E-state index >= 15 is 0 Å². The van der Waals surface area contributed by atoms with E-state index in [1.165, 1.54) is 38.2 Å². The molecule has 0 amide bonds. The summed E-state index contributed by atoms with van der Waals surface area (Å²) in [5.74, 6) is 0. The van der Waals surface area contributed by atoms with Crippen LogP contribution in [0.15, 0.2) is 24.5 Å². The van der Waals surface area contributed by atoms with Crippen LogP contribution in [0.2, 0.25) is 0 Å². The minimum Gasteiger partial charge on any atom is -0.328 e. The molecule has 0 aliphatic carbocycles. The van der Waals surface area contributed by atoms with E-state index in [4.69, 9.17) is 5.73 Å². The van der Waals surface area contributed by atoms with E-state index < -0.39 is 0 Å². The molecule has 2 N–H and O–H groups in total. The van der Waals surface area contributed by atoms with Crippen LogP contribution in [-0.4, -0.2) is 53.0 Å². The Morgan fingerprint density at radius 1 is 1.25 bits per heavy atom. The first-order chi connectivity index (χ1) is 9.74. The summed E-state index contributed by atoms with van der Waals surface area (Å²) < 4.78 is 0. The Balaban J connectivity index is 1.57. The van der Waals surface area contributed by atoms with Crippen molar-refractivity contribution in [3.63, 3.8) is 0 Å². The maximum Gasteiger partial charge on any atom is 0.0335 e. The van der Waals surface area contributed by atoms with Crippen LogP contribution in [0.25, 0.3) is 0 Å². The van der Waals surface area contributed by atoms with E-state index in [1.807, 2.05) is 18.5 Å². The molecule has 20 heavy (non-hydrogen) atoms. The molecule has 0 bridgehead atoms. The van der Waals surface area contributed by atoms with Crippen molar-refractivity contribution in [2.45, 2.75) is 44.3 Å². The molecule has 0 radical (unpaired) electrons. The first-order valence-corrected chi connectivity index (χ1v) is 7.87. The molecule has 1 aromatic rings. The zero-order valence-corrected chi connectivity index (χ0v) is 12.4. The summed E-state index contributed by atoms with van der Waals surface area (Å²) in [6, 6.07) is 5.84. The van der Waals surface area contributed by atoms with E-state index in [9.17, 15) is 0 Å². The molecule has 2 fully saturated rings. The van der Waals surface area contributed by atoms with Crippen LogP contribution in [0.3, 0.4) is 0 Å². The quantitative estimate of drug-likeness (QED) is 0.910. The van der Waals surface area contributed by atoms with Crippen LogP contribution in [0.4, 0.5) is 0 Å². The number of likely N-dealkylation sites (tertiary alicyclic amines) is 2. The number of nitrogens with zero attached hydrogens (tertiary/aromatic N) is 3. The number of rotatable bonds is 3. The van der Waals surface area contributed by atoms with Crippen molar-refractivity contribution in [1.29, 1.82) is 0 Å². The summed E-state index contributed by atoms with van der Waals surface area (Å²) in [5, 5.41) is 0. The van der Waals surface area contributed by atoms with Gasteiger partial charge in [-0.15, -0.1) is 0 Å². The van der Waals surface area contributed by atoms with Crippen molar-refractivity contribution in [2.24, 2.45) is 5.73 Å². The van der Waals surface area contributed by atoms with Gasteiger partial charge in [0.25, 0.3) is 0 Å². The predicted octanol–water partition coefficient (Wildman–Crippen LogP) is 1.64. The first kappa shape index (κ1) is 14.0. The molecule has 0 aromatic carbocycles. The highest BCUT2D eigenvalue weighted by Gasteiger charge is 2.32. The van der Waals surface area contributed by atoms with Gasteiger partial charge < -0.3 is 5.73 Å². The molecule has 2 aliphatic rings. The van der Waals surface area contributed by atoms with Gasteiger partial charge in [0.15, 0.2) is 0 Å². The normalized spacial score (nSPS) is 27.8. The lowest BCUT2D eigenvalue weighted by molar-refractivity contribution is 0.146. The second-order valence-electron chi connectivity index (χ2n) is 6.27. The smallest absolute Gasteiger partial charge is 0.0335 e. The Morgan fingerprint density at radius 2 is 2.05 bits per heavy atom. The highest BCUT2D eigenvalue weighted by Crippen LogP contribution is 2.27. The van der Waals surface area contributed by atoms with Gasteiger partial charge in [0.2, 0.25) is 0 Å². The van der Waals surface area contributed by atoms with Gasteiger partial charge in [-0.3, -0.25) is 14.8 Å². The van der Waals surface area contributed by atoms with Gasteiger partial charge in [0, 0.05) is 43.6 Å². The van der Waals surface area contributed by atoms with Crippen LogP contribution < -0.4 is 5.73 Å². The third-order valence-corrected chi connectivity index (χ3v) is 5.00. The zero-order valence-electron chi connectivity index (χ0n) is 12.4. The second-order valence-corrected chi connectivity index (χ2v) is 6.27. The van der Waals surface area contributed by atoms with Crippen LogP contribution in [0.5, 0.6) is 0 Å². The topological polar surface area (TPSA) is 45.4 Å². The Morgan fingerprint density at radius 3 is 2.75 bits per heavy atom. The van der Waals surface area contributed by atoms with E-state index in [1.54, 1.807) is 0 Å². The molecule has 2 unspecified atom stereocenters. The molecule has 2 aliphatic heterocycles. The number of piperidine rings is 1. The van der Waals surface area contributed by atoms with Gasteiger partial charge >= 0.3 is 0 Å². The number of aromatic nitrogens is 1. The van der Waals surface area contributed by atoms with Crippen molar-refractivity contribution < 1.29 is 0 Å². The van der Waals surface area contributed by atoms with Crippen LogP contribution in [0.1, 0.15) is 37.8 Å². The fourth-order valence-corrected chi connectivity index (χ4v) is 3.54. The lowest BCUT2D eigenvalue weighted by atomic mass is 10.0. The monoisotopic (exact) mass is 274 g/mol. The van der Waals surface area contributed by atoms with Gasteiger partial charge in [0.1, 0.15) is 0 Å². The summed E-state index contributed by atoms with van der Waals surface area (Å²) in [6.45, 7) is 7.04. The maximum absolute atomic E-state index is 6.00. The summed E-state index contributed by atoms with van der Waals surface area (Å²) in [6.07, 6.45) is 7.46. The summed E-state index contributed by atoms with van der Waals surface area (Å²) >= 11 is 0. The Labute approximate surface area is 122 Å². The largest absolute Gasteiger partial charge is 0.328 e. The minimum atomic E-state index is 0.429. The van der Waals surface area contributed by atoms with Gasteiger partial charge in [-0.2, -0.15) is 0 Å². The van der Waals surface area contributed by atoms with Crippen molar-refractivity contribution in [2.75, 3.05) is 26.2 Å². The van der Waals surface area contributed by atoms with Gasteiger partial charge in [-0.1, -0.05) is 6.07 Å². The SMILES string of the molecule is CC(c1cccnc1)N1CCC(N2CCC(N)CC2)C1. The average molecular weight is 274 g/mol. The molecule has 2 saturated heterocycles. The molecule has 0 spiro atoms. The number of pyridine rings is 1. The highest BCUT2D eigenvalue weighted by atomic mass is 15.3. The van der Waals surface area contributed by atoms with Crippen molar-refractivity contribution in [3.8, 4) is 0 Å². The Hall–Kier alpha value is -0.970. The number of hydrogen-bond acceptors (Lipinski definition) is 4. The standard InChI is InChI=1S/C16H26N4/c1-13(14-3-2-7-18-11-14)20-10-6-16(12-20)19-8-4-15(17)5-9-19/h2-3,7,11,13,15-16H,4-6,8-10,12,17H2,1H3. The maximum atomic E-state index is 6.00. The average Bonchev–Trinajstić information content (AvgIpc) is 2.98. The van der Waals surface area contributed by atoms with E-state index in [2.05, 4.69) is 27.8 Å². The third kappa shape index (κ3) is 3.03. The highest BCUT2D eigenvalue weighted by molar-refractivity contribution is 5.13. The second kappa shape index (κ2) is 6.20. The molecular weight excluding hydrogens is 248 g/mol. The molecular formula is C16H26N4. The molecule has 2 atom stereocenters. The third-order valence-electron chi connectivity index (χ3n) is 5.00. The van der Waals surface area contributed by atoms with Crippen molar-refractivity contribution in [1.82, 2.24) is 14.8 Å². The lowest BCUT2D eigenvalue weighted by Crippen LogP contribution is -2.46. The van der Waals surface area contributed by atoms with Crippen molar-refractivity contribution >= 4 is 0 Å². The van der Waals surface area contributed by atoms with Gasteiger partial charge in [-0.05, 0) is 50.9 Å². The van der Waals surface area contributed by atoms with Crippen LogP contribution in [-0.2, 0) is 0 Å². The van der Waals surface area contributed by atoms with E-state index in [-0.39, 0.29) is 0 Å². The summed E-state index contributed by atoms with van der Waals surface area (Å²) in [4.78, 5) is 9.49. The molecule has 110 valence electrons. The molecule has 0 saturated carbocycles. The number of hydrogen-bond donors (Lipinski definition) is 1. The fourth-order valence-electron chi connectivity index (χ4n) is 3.54. The Bertz CT molecular complexity index is 414. The van der Waals surface area contributed by atoms with Gasteiger partial charge in [-0.25, -0.2) is 0 Å². The fraction of sp³-hybridized carbons (Fsp3) is 0.688. The van der Waals surface area contributed by atoms with Crippen LogP contribution >= 0.6 is 0 Å². The molecule has 4 nitrogen and oxygen atoms in total. The minimum absolute atomic E-state index is 0.429. The Kier molecular flexibility index (Phi) is 4.34. The predicted molar refractivity (Wildman–Crippen MR) is 81.4 cm³/mol. The van der Waals surface area contributed by atoms with E-state index in [0.717, 1.165) is 18.9 Å². The van der Waals surface area contributed by atoms with Crippen LogP contribution in [0, 0.1) is 0 Å². The molecule has 1 aromatic heterocycles.